The third-order valence-corrected chi connectivity index (χ3v) is 5.40. The topological polar surface area (TPSA) is 62.8 Å². The second-order valence-corrected chi connectivity index (χ2v) is 7.42. The lowest BCUT2D eigenvalue weighted by Crippen LogP contribution is -2.48. The molecule has 2 N–H and O–H groups in total. The number of urea groups is 1. The van der Waals surface area contributed by atoms with Crippen LogP contribution in [0.4, 0.5) is 10.5 Å². The molecule has 0 saturated carbocycles. The van der Waals surface area contributed by atoms with Crippen molar-refractivity contribution in [2.75, 3.05) is 25.5 Å². The summed E-state index contributed by atoms with van der Waals surface area (Å²) in [5.74, 6) is 0.709. The van der Waals surface area contributed by atoms with E-state index in [-0.39, 0.29) is 11.6 Å². The average molecular weight is 400 g/mol. The number of carbonyl (C=O) groups excluding carboxylic acids is 1. The van der Waals surface area contributed by atoms with Crippen LogP contribution < -0.4 is 15.5 Å². The highest BCUT2D eigenvalue weighted by atomic mass is 35.5. The Kier molecular flexibility index (Phi) is 5.15. The molecule has 2 heterocycles. The molecule has 1 fully saturated rings. The van der Waals surface area contributed by atoms with Gasteiger partial charge in [-0.15, -0.1) is 0 Å². The Hall–Kier alpha value is -2.70. The van der Waals surface area contributed by atoms with Crippen LogP contribution in [0.2, 0.25) is 5.02 Å². The van der Waals surface area contributed by atoms with Crippen molar-refractivity contribution in [1.82, 2.24) is 10.4 Å². The monoisotopic (exact) mass is 399 g/mol. The van der Waals surface area contributed by atoms with Crippen molar-refractivity contribution in [3.8, 4) is 5.75 Å². The molecule has 2 aromatic rings. The van der Waals surface area contributed by atoms with Crippen LogP contribution in [0.3, 0.4) is 0 Å². The number of carbonyl (C=O) groups is 1. The second kappa shape index (κ2) is 7.73. The van der Waals surface area contributed by atoms with Gasteiger partial charge in [0.05, 0.1) is 12.8 Å². The van der Waals surface area contributed by atoms with Gasteiger partial charge in [0, 0.05) is 42.7 Å². The fraction of sp³-hybridized carbons (Fsp3) is 0.286. The Balaban J connectivity index is 1.37. The van der Waals surface area contributed by atoms with E-state index in [1.165, 1.54) is 0 Å². The van der Waals surface area contributed by atoms with Crippen molar-refractivity contribution in [3.05, 3.63) is 65.2 Å². The number of hydroxylamine groups is 1. The standard InChI is InChI=1S/C21H22ClN3O3/c1-27-18-4-2-3-17(13-18)23-20(26)25-11-9-21(10-12-25)14-19(24-28-21)15-5-7-16(22)8-6-15/h2-8,13-14,24H,9-12H2,1H3,(H,23,26). The van der Waals surface area contributed by atoms with Gasteiger partial charge in [0.15, 0.2) is 0 Å². The van der Waals surface area contributed by atoms with E-state index in [1.807, 2.05) is 47.4 Å². The molecule has 0 unspecified atom stereocenters. The zero-order valence-electron chi connectivity index (χ0n) is 15.6. The maximum atomic E-state index is 12.6. The van der Waals surface area contributed by atoms with E-state index in [4.69, 9.17) is 21.2 Å². The molecule has 146 valence electrons. The van der Waals surface area contributed by atoms with Crippen molar-refractivity contribution in [1.29, 1.82) is 0 Å². The first-order valence-electron chi connectivity index (χ1n) is 9.20. The lowest BCUT2D eigenvalue weighted by Gasteiger charge is -2.36. The number of anilines is 1. The number of nitrogens with zero attached hydrogens (tertiary/aromatic N) is 1. The van der Waals surface area contributed by atoms with Crippen molar-refractivity contribution >= 4 is 29.0 Å². The molecule has 0 bridgehead atoms. The third-order valence-electron chi connectivity index (χ3n) is 5.14. The fourth-order valence-corrected chi connectivity index (χ4v) is 3.61. The second-order valence-electron chi connectivity index (χ2n) is 6.98. The molecule has 4 rings (SSSR count). The number of hydrogen-bond acceptors (Lipinski definition) is 4. The molecular formula is C21H22ClN3O3. The first-order chi connectivity index (χ1) is 13.6. The van der Waals surface area contributed by atoms with Gasteiger partial charge in [0.2, 0.25) is 0 Å². The van der Waals surface area contributed by atoms with Crippen LogP contribution >= 0.6 is 11.6 Å². The van der Waals surface area contributed by atoms with Gasteiger partial charge in [-0.2, -0.15) is 0 Å². The van der Waals surface area contributed by atoms with E-state index in [2.05, 4.69) is 16.9 Å². The number of nitrogens with one attached hydrogen (secondary N) is 2. The Morgan fingerprint density at radius 2 is 1.96 bits per heavy atom. The van der Waals surface area contributed by atoms with Crippen LogP contribution in [0.15, 0.2) is 54.6 Å². The van der Waals surface area contributed by atoms with Gasteiger partial charge in [-0.3, -0.25) is 10.3 Å². The summed E-state index contributed by atoms with van der Waals surface area (Å²) in [6.07, 6.45) is 3.57. The summed E-state index contributed by atoms with van der Waals surface area (Å²) >= 11 is 5.96. The minimum atomic E-state index is -0.387. The Labute approximate surface area is 169 Å². The molecule has 28 heavy (non-hydrogen) atoms. The Morgan fingerprint density at radius 3 is 2.68 bits per heavy atom. The van der Waals surface area contributed by atoms with E-state index in [9.17, 15) is 4.79 Å². The first-order valence-corrected chi connectivity index (χ1v) is 9.57. The normalized spacial score (nSPS) is 17.8. The van der Waals surface area contributed by atoms with Gasteiger partial charge in [-0.05, 0) is 35.9 Å². The van der Waals surface area contributed by atoms with Crippen LogP contribution in [0.1, 0.15) is 18.4 Å². The molecule has 0 atom stereocenters. The molecule has 2 aliphatic rings. The summed E-state index contributed by atoms with van der Waals surface area (Å²) < 4.78 is 5.20. The highest BCUT2D eigenvalue weighted by Gasteiger charge is 2.39. The van der Waals surface area contributed by atoms with Crippen LogP contribution in [-0.4, -0.2) is 36.7 Å². The summed E-state index contributed by atoms with van der Waals surface area (Å²) in [7, 11) is 1.60. The molecule has 1 saturated heterocycles. The van der Waals surface area contributed by atoms with Gasteiger partial charge in [-0.25, -0.2) is 4.79 Å². The number of likely N-dealkylation sites (tertiary alicyclic amines) is 1. The van der Waals surface area contributed by atoms with Crippen molar-refractivity contribution in [2.45, 2.75) is 18.4 Å². The van der Waals surface area contributed by atoms with E-state index in [0.717, 1.165) is 24.1 Å². The summed E-state index contributed by atoms with van der Waals surface area (Å²) in [4.78, 5) is 20.3. The van der Waals surface area contributed by atoms with Crippen LogP contribution in [-0.2, 0) is 4.84 Å². The molecule has 0 aromatic heterocycles. The molecule has 2 aromatic carbocycles. The predicted molar refractivity (Wildman–Crippen MR) is 109 cm³/mol. The smallest absolute Gasteiger partial charge is 0.321 e. The van der Waals surface area contributed by atoms with Crippen LogP contribution in [0.5, 0.6) is 5.75 Å². The lowest BCUT2D eigenvalue weighted by molar-refractivity contribution is -0.0634. The number of hydrogen-bond donors (Lipinski definition) is 2. The van der Waals surface area contributed by atoms with Gasteiger partial charge in [-0.1, -0.05) is 29.8 Å². The summed E-state index contributed by atoms with van der Waals surface area (Å²) in [6, 6.07) is 14.9. The Bertz CT molecular complexity index is 890. The van der Waals surface area contributed by atoms with Crippen molar-refractivity contribution in [3.63, 3.8) is 0 Å². The van der Waals surface area contributed by atoms with E-state index < -0.39 is 0 Å². The summed E-state index contributed by atoms with van der Waals surface area (Å²) in [5.41, 5.74) is 5.33. The molecule has 2 amide bonds. The highest BCUT2D eigenvalue weighted by molar-refractivity contribution is 6.30. The largest absolute Gasteiger partial charge is 0.497 e. The molecule has 0 aliphatic carbocycles. The van der Waals surface area contributed by atoms with Gasteiger partial charge in [0.1, 0.15) is 11.4 Å². The van der Waals surface area contributed by atoms with Gasteiger partial charge >= 0.3 is 6.03 Å². The van der Waals surface area contributed by atoms with E-state index in [0.29, 0.717) is 29.5 Å². The van der Waals surface area contributed by atoms with Crippen molar-refractivity contribution in [2.24, 2.45) is 0 Å². The third kappa shape index (κ3) is 3.93. The number of rotatable bonds is 3. The number of methoxy groups -OCH3 is 1. The maximum Gasteiger partial charge on any atom is 0.321 e. The molecule has 2 aliphatic heterocycles. The van der Waals surface area contributed by atoms with E-state index >= 15 is 0 Å². The first kappa shape index (κ1) is 18.7. The average Bonchev–Trinajstić information content (AvgIpc) is 3.12. The molecular weight excluding hydrogens is 378 g/mol. The quantitative estimate of drug-likeness (QED) is 0.808. The number of halogens is 1. The Morgan fingerprint density at radius 1 is 1.21 bits per heavy atom. The summed E-state index contributed by atoms with van der Waals surface area (Å²) in [5, 5.41) is 3.63. The minimum Gasteiger partial charge on any atom is -0.497 e. The predicted octanol–water partition coefficient (Wildman–Crippen LogP) is 4.29. The minimum absolute atomic E-state index is 0.115. The van der Waals surface area contributed by atoms with Gasteiger partial charge in [0.25, 0.3) is 0 Å². The van der Waals surface area contributed by atoms with Crippen LogP contribution in [0, 0.1) is 0 Å². The molecule has 0 radical (unpaired) electrons. The SMILES string of the molecule is COc1cccc(NC(=O)N2CCC3(C=C(c4ccc(Cl)cc4)NO3)CC2)c1. The van der Waals surface area contributed by atoms with Crippen molar-refractivity contribution < 1.29 is 14.4 Å². The van der Waals surface area contributed by atoms with E-state index in [1.54, 1.807) is 13.2 Å². The number of piperidine rings is 1. The highest BCUT2D eigenvalue weighted by Crippen LogP contribution is 2.35. The summed E-state index contributed by atoms with van der Waals surface area (Å²) in [6.45, 7) is 1.23. The van der Waals surface area contributed by atoms with Crippen LogP contribution in [0.25, 0.3) is 5.70 Å². The van der Waals surface area contributed by atoms with Gasteiger partial charge < -0.3 is 15.0 Å². The molecule has 6 nitrogen and oxygen atoms in total. The number of amides is 2. The zero-order valence-corrected chi connectivity index (χ0v) is 16.3. The number of benzene rings is 2. The lowest BCUT2D eigenvalue weighted by atomic mass is 9.90. The number of ether oxygens (including phenoxy) is 1. The maximum absolute atomic E-state index is 12.6. The molecule has 1 spiro atoms. The molecule has 7 heteroatoms. The fourth-order valence-electron chi connectivity index (χ4n) is 3.49. The zero-order chi connectivity index (χ0) is 19.6.